The molecule has 0 bridgehead atoms. The van der Waals surface area contributed by atoms with Crippen LogP contribution in [-0.4, -0.2) is 10.0 Å². The van der Waals surface area contributed by atoms with Crippen molar-refractivity contribution in [1.29, 1.82) is 0 Å². The maximum absolute atomic E-state index is 11.5. The van der Waals surface area contributed by atoms with E-state index >= 15 is 0 Å². The molecule has 0 fully saturated rings. The highest BCUT2D eigenvalue weighted by Crippen LogP contribution is 2.31. The van der Waals surface area contributed by atoms with Crippen LogP contribution < -0.4 is 0 Å². The summed E-state index contributed by atoms with van der Waals surface area (Å²) in [5, 5.41) is 23.0. The van der Waals surface area contributed by atoms with Crippen LogP contribution in [0.25, 0.3) is 0 Å². The van der Waals surface area contributed by atoms with Gasteiger partial charge >= 0.3 is 0 Å². The fourth-order valence-corrected chi connectivity index (χ4v) is 3.06. The third-order valence-corrected chi connectivity index (χ3v) is 4.81. The summed E-state index contributed by atoms with van der Waals surface area (Å²) >= 11 is 6.15. The summed E-state index contributed by atoms with van der Waals surface area (Å²) < 4.78 is 0. The SMILES string of the molecule is Cc1ccc(C(O)(C#Cc2c(Cl)cccc2[N+](=O)[O-])c2ccc(C)cc2)cc1. The maximum Gasteiger partial charge on any atom is 0.286 e. The van der Waals surface area contributed by atoms with Crippen LogP contribution in [0.3, 0.4) is 0 Å². The molecule has 1 N–H and O–H groups in total. The topological polar surface area (TPSA) is 63.4 Å². The Morgan fingerprint density at radius 3 is 1.89 bits per heavy atom. The summed E-state index contributed by atoms with van der Waals surface area (Å²) in [5.41, 5.74) is 1.47. The van der Waals surface area contributed by atoms with Crippen molar-refractivity contribution in [2.75, 3.05) is 0 Å². The first kappa shape index (κ1) is 19.6. The maximum atomic E-state index is 11.5. The van der Waals surface area contributed by atoms with Crippen molar-refractivity contribution in [3.05, 3.63) is 110 Å². The smallest absolute Gasteiger partial charge is 0.286 e. The number of nitrogens with zero attached hydrogens (tertiary/aromatic N) is 1. The molecule has 5 heteroatoms. The lowest BCUT2D eigenvalue weighted by atomic mass is 9.86. The van der Waals surface area contributed by atoms with Crippen molar-refractivity contribution in [2.45, 2.75) is 19.4 Å². The highest BCUT2D eigenvalue weighted by molar-refractivity contribution is 6.32. The number of benzene rings is 3. The normalized spacial score (nSPS) is 10.9. The summed E-state index contributed by atoms with van der Waals surface area (Å²) in [6, 6.07) is 19.1. The van der Waals surface area contributed by atoms with Crippen LogP contribution >= 0.6 is 11.6 Å². The average Bonchev–Trinajstić information content (AvgIpc) is 2.67. The Morgan fingerprint density at radius 1 is 0.929 bits per heavy atom. The van der Waals surface area contributed by atoms with E-state index in [4.69, 9.17) is 11.6 Å². The minimum Gasteiger partial charge on any atom is -0.369 e. The van der Waals surface area contributed by atoms with Crippen LogP contribution in [0.15, 0.2) is 66.7 Å². The molecule has 0 heterocycles. The molecule has 0 aliphatic carbocycles. The van der Waals surface area contributed by atoms with Gasteiger partial charge in [-0.25, -0.2) is 0 Å². The molecule has 3 rings (SSSR count). The Labute approximate surface area is 168 Å². The van der Waals surface area contributed by atoms with Crippen LogP contribution in [0.1, 0.15) is 27.8 Å². The quantitative estimate of drug-likeness (QED) is 0.381. The Morgan fingerprint density at radius 2 is 1.43 bits per heavy atom. The number of halogens is 1. The largest absolute Gasteiger partial charge is 0.369 e. The van der Waals surface area contributed by atoms with Gasteiger partial charge in [0.2, 0.25) is 0 Å². The van der Waals surface area contributed by atoms with E-state index in [1.807, 2.05) is 38.1 Å². The minimum absolute atomic E-state index is 0.0758. The van der Waals surface area contributed by atoms with E-state index in [-0.39, 0.29) is 16.3 Å². The molecular weight excluding hydrogens is 374 g/mol. The van der Waals surface area contributed by atoms with E-state index in [2.05, 4.69) is 11.8 Å². The van der Waals surface area contributed by atoms with E-state index in [0.717, 1.165) is 11.1 Å². The molecular formula is C23H18ClNO3. The molecule has 0 atom stereocenters. The lowest BCUT2D eigenvalue weighted by Gasteiger charge is -2.24. The number of nitro benzene ring substituents is 1. The van der Waals surface area contributed by atoms with Crippen LogP contribution in [0.2, 0.25) is 5.02 Å². The van der Waals surface area contributed by atoms with Crippen LogP contribution in [0.5, 0.6) is 0 Å². The first-order chi connectivity index (χ1) is 13.3. The van der Waals surface area contributed by atoms with E-state index < -0.39 is 10.5 Å². The molecule has 0 spiro atoms. The molecule has 0 saturated carbocycles. The van der Waals surface area contributed by atoms with Crippen LogP contribution in [-0.2, 0) is 5.60 Å². The monoisotopic (exact) mass is 391 g/mol. The zero-order chi connectivity index (χ0) is 20.3. The standard InChI is InChI=1S/C23H18ClNO3/c1-16-6-10-18(11-7-16)23(26,19-12-8-17(2)9-13-19)15-14-20-21(24)4-3-5-22(20)25(27)28/h3-13,26H,1-2H3. The number of hydrogen-bond donors (Lipinski definition) is 1. The second-order valence-electron chi connectivity index (χ2n) is 6.58. The lowest BCUT2D eigenvalue weighted by Crippen LogP contribution is -2.25. The van der Waals surface area contributed by atoms with Crippen molar-refractivity contribution in [3.63, 3.8) is 0 Å². The van der Waals surface area contributed by atoms with Gasteiger partial charge in [-0.3, -0.25) is 10.1 Å². The lowest BCUT2D eigenvalue weighted by molar-refractivity contribution is -0.385. The molecule has 3 aromatic carbocycles. The van der Waals surface area contributed by atoms with Gasteiger partial charge in [-0.2, -0.15) is 0 Å². The zero-order valence-electron chi connectivity index (χ0n) is 15.4. The molecule has 0 aliphatic rings. The Balaban J connectivity index is 2.21. The summed E-state index contributed by atoms with van der Waals surface area (Å²) in [7, 11) is 0. The summed E-state index contributed by atoms with van der Waals surface area (Å²) in [5.74, 6) is 5.59. The van der Waals surface area contributed by atoms with Crippen LogP contribution in [0, 0.1) is 35.8 Å². The molecule has 0 radical (unpaired) electrons. The molecule has 28 heavy (non-hydrogen) atoms. The van der Waals surface area contributed by atoms with E-state index in [1.165, 1.54) is 18.2 Å². The highest BCUT2D eigenvalue weighted by atomic mass is 35.5. The first-order valence-electron chi connectivity index (χ1n) is 8.64. The highest BCUT2D eigenvalue weighted by Gasteiger charge is 2.30. The van der Waals surface area contributed by atoms with Gasteiger partial charge in [0.05, 0.1) is 9.95 Å². The molecule has 4 nitrogen and oxygen atoms in total. The van der Waals surface area contributed by atoms with E-state index in [9.17, 15) is 15.2 Å². The number of nitro groups is 1. The van der Waals surface area contributed by atoms with Gasteiger partial charge in [-0.15, -0.1) is 0 Å². The molecule has 3 aromatic rings. The number of rotatable bonds is 3. The van der Waals surface area contributed by atoms with Crippen LogP contribution in [0.4, 0.5) is 5.69 Å². The summed E-state index contributed by atoms with van der Waals surface area (Å²) in [6.45, 7) is 3.90. The molecule has 140 valence electrons. The van der Waals surface area contributed by atoms with Gasteiger partial charge in [0, 0.05) is 17.2 Å². The zero-order valence-corrected chi connectivity index (χ0v) is 16.2. The van der Waals surface area contributed by atoms with Gasteiger partial charge < -0.3 is 5.11 Å². The predicted octanol–water partition coefficient (Wildman–Crippen LogP) is 5.15. The third-order valence-electron chi connectivity index (χ3n) is 4.50. The molecule has 0 saturated heterocycles. The third kappa shape index (κ3) is 3.91. The second-order valence-corrected chi connectivity index (χ2v) is 6.99. The van der Waals surface area contributed by atoms with Gasteiger partial charge in [-0.05, 0) is 19.9 Å². The fourth-order valence-electron chi connectivity index (χ4n) is 2.84. The van der Waals surface area contributed by atoms with Crippen molar-refractivity contribution >= 4 is 17.3 Å². The molecule has 0 aliphatic heterocycles. The van der Waals surface area contributed by atoms with Crippen molar-refractivity contribution in [2.24, 2.45) is 0 Å². The van der Waals surface area contributed by atoms with Crippen molar-refractivity contribution < 1.29 is 10.0 Å². The number of hydrogen-bond acceptors (Lipinski definition) is 3. The van der Waals surface area contributed by atoms with Gasteiger partial charge in [0.15, 0.2) is 5.60 Å². The summed E-state index contributed by atoms with van der Waals surface area (Å²) in [6.07, 6.45) is 0. The van der Waals surface area contributed by atoms with Crippen molar-refractivity contribution in [3.8, 4) is 11.8 Å². The predicted molar refractivity (Wildman–Crippen MR) is 110 cm³/mol. The Kier molecular flexibility index (Phi) is 5.51. The van der Waals surface area contributed by atoms with Gasteiger partial charge in [0.1, 0.15) is 5.56 Å². The Bertz CT molecular complexity index is 1030. The fraction of sp³-hybridized carbons (Fsp3) is 0.130. The molecule has 0 unspecified atom stereocenters. The Hall–Kier alpha value is -3.13. The van der Waals surface area contributed by atoms with Gasteiger partial charge in [-0.1, -0.05) is 89.2 Å². The van der Waals surface area contributed by atoms with E-state index in [0.29, 0.717) is 11.1 Å². The molecule has 0 aromatic heterocycles. The molecule has 0 amide bonds. The van der Waals surface area contributed by atoms with E-state index in [1.54, 1.807) is 24.3 Å². The number of aliphatic hydroxyl groups is 1. The minimum atomic E-state index is -1.64. The summed E-state index contributed by atoms with van der Waals surface area (Å²) in [4.78, 5) is 10.8. The average molecular weight is 392 g/mol. The van der Waals surface area contributed by atoms with Gasteiger partial charge in [0.25, 0.3) is 5.69 Å². The second kappa shape index (κ2) is 7.85. The first-order valence-corrected chi connectivity index (χ1v) is 9.02. The number of aryl methyl sites for hydroxylation is 2. The van der Waals surface area contributed by atoms with Crippen molar-refractivity contribution in [1.82, 2.24) is 0 Å².